The van der Waals surface area contributed by atoms with Crippen LogP contribution in [0, 0.1) is 0 Å². The second-order valence-corrected chi connectivity index (χ2v) is 16.0. The van der Waals surface area contributed by atoms with E-state index in [0.29, 0.717) is 17.2 Å². The van der Waals surface area contributed by atoms with Gasteiger partial charge >= 0.3 is 12.1 Å². The summed E-state index contributed by atoms with van der Waals surface area (Å²) in [5.74, 6) is -1.43. The van der Waals surface area contributed by atoms with Gasteiger partial charge in [0.1, 0.15) is 23.6 Å². The smallest absolute Gasteiger partial charge is 0.490 e. The van der Waals surface area contributed by atoms with Gasteiger partial charge in [-0.05, 0) is 117 Å². The van der Waals surface area contributed by atoms with Crippen molar-refractivity contribution in [2.45, 2.75) is 112 Å². The zero-order chi connectivity index (χ0) is 36.5. The number of aliphatic carboxylic acids is 1. The third-order valence-corrected chi connectivity index (χ3v) is 12.3. The Labute approximate surface area is 299 Å². The molecular weight excluding hydrogens is 711 g/mol. The van der Waals surface area contributed by atoms with Gasteiger partial charge in [-0.1, -0.05) is 23.7 Å². The number of halogens is 4. The van der Waals surface area contributed by atoms with Gasteiger partial charge in [0.05, 0.1) is 11.0 Å². The van der Waals surface area contributed by atoms with Crippen LogP contribution in [0.25, 0.3) is 10.8 Å². The molecule has 3 aromatic rings. The van der Waals surface area contributed by atoms with Crippen LogP contribution in [-0.2, 0) is 19.6 Å². The Morgan fingerprint density at radius 3 is 2.00 bits per heavy atom. The average Bonchev–Trinajstić information content (AvgIpc) is 3.70. The molecule has 4 atom stereocenters. The molecule has 3 saturated heterocycles. The summed E-state index contributed by atoms with van der Waals surface area (Å²) in [6.45, 7) is 0.186. The topological polar surface area (TPSA) is 139 Å². The molecule has 4 aliphatic rings. The van der Waals surface area contributed by atoms with Crippen LogP contribution < -0.4 is 15.2 Å². The molecule has 0 radical (unpaired) electrons. The number of carbonyl (C=O) groups excluding carboxylic acids is 1. The zero-order valence-corrected chi connectivity index (χ0v) is 29.4. The first-order chi connectivity index (χ1) is 24.2. The van der Waals surface area contributed by atoms with Crippen molar-refractivity contribution in [3.63, 3.8) is 0 Å². The largest absolute Gasteiger partial charge is 0.490 e. The van der Waals surface area contributed by atoms with E-state index in [1.165, 1.54) is 17.1 Å². The molecule has 3 aromatic carbocycles. The number of carbonyl (C=O) groups is 2. The van der Waals surface area contributed by atoms with Crippen molar-refractivity contribution in [2.24, 2.45) is 5.73 Å². The first-order valence-corrected chi connectivity index (χ1v) is 19.0. The number of sulfonamides is 1. The number of amides is 1. The Hall–Kier alpha value is -3.59. The quantitative estimate of drug-likeness (QED) is 0.278. The van der Waals surface area contributed by atoms with E-state index < -0.39 is 28.2 Å². The molecule has 2 bridgehead atoms. The van der Waals surface area contributed by atoms with Gasteiger partial charge in [0, 0.05) is 36.1 Å². The number of carboxylic acids is 1. The molecule has 10 nitrogen and oxygen atoms in total. The number of carboxylic acid groups (broad SMARTS) is 1. The molecule has 3 aliphatic heterocycles. The Morgan fingerprint density at radius 2 is 1.37 bits per heavy atom. The number of nitrogens with zero attached hydrogens (tertiary/aromatic N) is 2. The molecule has 4 fully saturated rings. The van der Waals surface area contributed by atoms with E-state index in [1.54, 1.807) is 36.4 Å². The van der Waals surface area contributed by atoms with Gasteiger partial charge in [-0.2, -0.15) is 17.5 Å². The highest BCUT2D eigenvalue weighted by Crippen LogP contribution is 2.39. The predicted molar refractivity (Wildman–Crippen MR) is 184 cm³/mol. The van der Waals surface area contributed by atoms with Crippen LogP contribution >= 0.6 is 11.6 Å². The predicted octanol–water partition coefficient (Wildman–Crippen LogP) is 6.53. The van der Waals surface area contributed by atoms with Crippen molar-refractivity contribution in [3.8, 4) is 11.5 Å². The summed E-state index contributed by atoms with van der Waals surface area (Å²) in [6.07, 6.45) is 3.46. The molecule has 51 heavy (non-hydrogen) atoms. The van der Waals surface area contributed by atoms with E-state index in [4.69, 9.17) is 36.7 Å². The van der Waals surface area contributed by atoms with Crippen molar-refractivity contribution in [1.82, 2.24) is 9.21 Å². The highest BCUT2D eigenvalue weighted by atomic mass is 35.5. The van der Waals surface area contributed by atoms with Crippen LogP contribution in [0.2, 0.25) is 5.02 Å². The lowest BCUT2D eigenvalue weighted by atomic mass is 9.94. The monoisotopic (exact) mass is 751 g/mol. The second-order valence-electron chi connectivity index (χ2n) is 13.7. The molecule has 276 valence electrons. The molecule has 1 saturated carbocycles. The van der Waals surface area contributed by atoms with E-state index in [1.807, 2.05) is 29.2 Å². The summed E-state index contributed by atoms with van der Waals surface area (Å²) in [5.41, 5.74) is 6.30. The highest BCUT2D eigenvalue weighted by molar-refractivity contribution is 7.89. The van der Waals surface area contributed by atoms with Crippen LogP contribution in [0.15, 0.2) is 65.6 Å². The SMILES string of the molecule is NC1CC2CCC(C1)N2C(=O)[C@@H]1C[C@@H](Oc2ccc(Cl)cc2)CCN1S(=O)(=O)c1ccc2cc(OC3CCCC3)ccc2c1.O=C(O)C(F)(F)F. The van der Waals surface area contributed by atoms with Gasteiger partial charge in [0.2, 0.25) is 15.9 Å². The fraction of sp³-hybridized carbons (Fsp3) is 0.500. The number of rotatable bonds is 7. The van der Waals surface area contributed by atoms with E-state index in [-0.39, 0.29) is 54.1 Å². The zero-order valence-electron chi connectivity index (χ0n) is 27.8. The molecule has 3 heterocycles. The van der Waals surface area contributed by atoms with Crippen molar-refractivity contribution in [1.29, 1.82) is 0 Å². The maximum absolute atomic E-state index is 14.3. The summed E-state index contributed by atoms with van der Waals surface area (Å²) < 4.78 is 74.2. The Morgan fingerprint density at radius 1 is 0.804 bits per heavy atom. The van der Waals surface area contributed by atoms with Crippen molar-refractivity contribution in [3.05, 3.63) is 65.7 Å². The van der Waals surface area contributed by atoms with Gasteiger partial charge in [-0.3, -0.25) is 4.79 Å². The van der Waals surface area contributed by atoms with Crippen LogP contribution in [0.3, 0.4) is 0 Å². The van der Waals surface area contributed by atoms with Crippen LogP contribution in [0.4, 0.5) is 13.2 Å². The molecule has 1 aliphatic carbocycles. The van der Waals surface area contributed by atoms with E-state index in [0.717, 1.165) is 55.0 Å². The van der Waals surface area contributed by atoms with Crippen molar-refractivity contribution in [2.75, 3.05) is 6.54 Å². The first-order valence-electron chi connectivity index (χ1n) is 17.2. The highest BCUT2D eigenvalue weighted by Gasteiger charge is 2.49. The summed E-state index contributed by atoms with van der Waals surface area (Å²) in [4.78, 5) is 25.4. The van der Waals surface area contributed by atoms with Crippen LogP contribution in [0.5, 0.6) is 11.5 Å². The van der Waals surface area contributed by atoms with Gasteiger partial charge in [-0.25, -0.2) is 13.2 Å². The van der Waals surface area contributed by atoms with E-state index >= 15 is 0 Å². The second kappa shape index (κ2) is 15.2. The number of benzene rings is 3. The van der Waals surface area contributed by atoms with Gasteiger partial charge in [0.15, 0.2) is 0 Å². The number of hydrogen-bond donors (Lipinski definition) is 2. The first kappa shape index (κ1) is 37.2. The summed E-state index contributed by atoms with van der Waals surface area (Å²) in [7, 11) is -3.99. The Balaban J connectivity index is 0.000000582. The number of ether oxygens (including phenoxy) is 2. The maximum Gasteiger partial charge on any atom is 0.490 e. The molecule has 7 rings (SSSR count). The molecule has 2 unspecified atom stereocenters. The van der Waals surface area contributed by atoms with Crippen LogP contribution in [0.1, 0.15) is 64.2 Å². The molecule has 0 spiro atoms. The van der Waals surface area contributed by atoms with Crippen molar-refractivity contribution >= 4 is 44.3 Å². The summed E-state index contributed by atoms with van der Waals surface area (Å²) >= 11 is 6.06. The number of fused-ring (bicyclic) bond motifs is 3. The number of alkyl halides is 3. The maximum atomic E-state index is 14.3. The third-order valence-electron chi connectivity index (χ3n) is 10.2. The molecule has 1 amide bonds. The third kappa shape index (κ3) is 8.56. The normalized spacial score (nSPS) is 25.7. The van der Waals surface area contributed by atoms with E-state index in [9.17, 15) is 26.4 Å². The lowest BCUT2D eigenvalue weighted by molar-refractivity contribution is -0.192. The molecular formula is C36H41ClF3N3O7S. The molecule has 15 heteroatoms. The minimum Gasteiger partial charge on any atom is -0.490 e. The Kier molecular flexibility index (Phi) is 11.1. The lowest BCUT2D eigenvalue weighted by Gasteiger charge is -2.44. The summed E-state index contributed by atoms with van der Waals surface area (Å²) in [6, 6.07) is 17.5. The van der Waals surface area contributed by atoms with E-state index in [2.05, 4.69) is 0 Å². The minimum absolute atomic E-state index is 0.0553. The minimum atomic E-state index is -5.08. The van der Waals surface area contributed by atoms with Crippen molar-refractivity contribution < 1.29 is 45.8 Å². The number of nitrogens with two attached hydrogens (primary N) is 1. The fourth-order valence-electron chi connectivity index (χ4n) is 7.76. The van der Waals surface area contributed by atoms with Crippen LogP contribution in [-0.4, -0.2) is 83.7 Å². The molecule has 3 N–H and O–H groups in total. The standard InChI is InChI=1S/C34H40ClN3O5S.C2HF3O2/c35-24-7-12-29(13-8-24)43-31-15-16-37(33(21-31)34(39)38-26-9-10-27(38)20-25(36)19-26)44(40,41)32-14-6-22-17-30(11-5-23(22)18-32)42-28-3-1-2-4-28;3-2(4,5)1(6)7/h5-8,11-14,17-18,25-28,31,33H,1-4,9-10,15-16,19-21,36H2;(H,6,7)/t25?,26?,27?,31-,33-;/m0./s1. The number of hydrogen-bond acceptors (Lipinski definition) is 7. The molecule has 0 aromatic heterocycles. The van der Waals surface area contributed by atoms with Gasteiger partial charge in [0.25, 0.3) is 0 Å². The lowest BCUT2D eigenvalue weighted by Crippen LogP contribution is -2.60. The van der Waals surface area contributed by atoms with Gasteiger partial charge < -0.3 is 25.2 Å². The summed E-state index contributed by atoms with van der Waals surface area (Å²) in [5, 5.41) is 9.47. The fourth-order valence-corrected chi connectivity index (χ4v) is 9.53. The average molecular weight is 752 g/mol. The Bertz CT molecular complexity index is 1830. The number of piperidine rings is 2. The van der Waals surface area contributed by atoms with Gasteiger partial charge in [-0.15, -0.1) is 0 Å².